The minimum absolute atomic E-state index is 0.783. The fourth-order valence-corrected chi connectivity index (χ4v) is 4.59. The van der Waals surface area contributed by atoms with E-state index >= 15 is 0 Å². The van der Waals surface area contributed by atoms with Crippen LogP contribution in [-0.2, 0) is 4.57 Å². The summed E-state index contributed by atoms with van der Waals surface area (Å²) in [6, 6.07) is 0. The molecule has 0 aliphatic rings. The summed E-state index contributed by atoms with van der Waals surface area (Å²) in [5.41, 5.74) is 0. The highest BCUT2D eigenvalue weighted by atomic mass is 79.9. The Balaban J connectivity index is 3.01. The minimum Gasteiger partial charge on any atom is -0.300 e. The van der Waals surface area contributed by atoms with Gasteiger partial charge in [0.1, 0.15) is 0 Å². The van der Waals surface area contributed by atoms with Gasteiger partial charge in [-0.05, 0) is 37.4 Å². The van der Waals surface area contributed by atoms with Crippen LogP contribution in [0.25, 0.3) is 0 Å². The van der Waals surface area contributed by atoms with Gasteiger partial charge in [0.2, 0.25) is 4.55 Å². The first-order valence-electron chi connectivity index (χ1n) is 8.54. The molecule has 4 heteroatoms. The molecular formula is C16H33Br2OP. The number of rotatable bonds is 15. The number of unbranched alkanes of at least 4 members (excludes halogenated alkanes) is 13. The second-order valence-corrected chi connectivity index (χ2v) is 17.2. The Hall–Kier alpha value is 1.19. The van der Waals surface area contributed by atoms with E-state index in [0.29, 0.717) is 0 Å². The van der Waals surface area contributed by atoms with Crippen LogP contribution in [0.5, 0.6) is 0 Å². The van der Waals surface area contributed by atoms with E-state index in [1.54, 1.807) is 0 Å². The highest BCUT2D eigenvalue weighted by molar-refractivity contribution is 9.70. The van der Waals surface area contributed by atoms with Crippen molar-refractivity contribution in [2.45, 2.75) is 96.8 Å². The standard InChI is InChI=1S/C16H33Br2OP/c1-2-3-4-5-6-7-8-9-10-11-12-13-14-15-16-20(17,18)19/h2-16H2,1H3. The maximum Gasteiger partial charge on any atom is 0.208 e. The van der Waals surface area contributed by atoms with E-state index in [1.165, 1.54) is 83.5 Å². The van der Waals surface area contributed by atoms with Crippen LogP contribution in [-0.4, -0.2) is 6.16 Å². The third kappa shape index (κ3) is 19.2. The molecule has 0 N–H and O–H groups in total. The molecule has 1 nitrogen and oxygen atoms in total. The van der Waals surface area contributed by atoms with Crippen LogP contribution in [0, 0.1) is 0 Å². The first kappa shape index (κ1) is 21.2. The van der Waals surface area contributed by atoms with Crippen LogP contribution < -0.4 is 0 Å². The van der Waals surface area contributed by atoms with E-state index in [2.05, 4.69) is 37.9 Å². The molecule has 0 atom stereocenters. The summed E-state index contributed by atoms with van der Waals surface area (Å²) < 4.78 is 9.24. The second-order valence-electron chi connectivity index (χ2n) is 5.89. The van der Waals surface area contributed by atoms with Crippen molar-refractivity contribution in [3.05, 3.63) is 0 Å². The predicted octanol–water partition coefficient (Wildman–Crippen LogP) is 8.45. The highest BCUT2D eigenvalue weighted by Crippen LogP contribution is 2.61. The molecule has 0 aliphatic heterocycles. The van der Waals surface area contributed by atoms with Gasteiger partial charge in [0.25, 0.3) is 0 Å². The van der Waals surface area contributed by atoms with E-state index in [1.807, 2.05) is 0 Å². The lowest BCUT2D eigenvalue weighted by molar-refractivity contribution is 0.538. The molecule has 0 fully saturated rings. The molecule has 0 unspecified atom stereocenters. The summed E-state index contributed by atoms with van der Waals surface area (Å²) in [7, 11) is 0. The Morgan fingerprint density at radius 2 is 0.900 bits per heavy atom. The lowest BCUT2D eigenvalue weighted by Crippen LogP contribution is -1.84. The quantitative estimate of drug-likeness (QED) is 0.187. The van der Waals surface area contributed by atoms with Gasteiger partial charge >= 0.3 is 0 Å². The average molecular weight is 432 g/mol. The van der Waals surface area contributed by atoms with Gasteiger partial charge in [0, 0.05) is 6.16 Å². The smallest absolute Gasteiger partial charge is 0.208 e. The van der Waals surface area contributed by atoms with Crippen molar-refractivity contribution in [3.8, 4) is 0 Å². The molecule has 0 rings (SSSR count). The molecule has 0 amide bonds. The molecule has 0 saturated heterocycles. The number of hydrogen-bond donors (Lipinski definition) is 0. The summed E-state index contributed by atoms with van der Waals surface area (Å²) in [5, 5.41) is 0. The van der Waals surface area contributed by atoms with Gasteiger partial charge in [0.15, 0.2) is 0 Å². The molecular weight excluding hydrogens is 399 g/mol. The lowest BCUT2D eigenvalue weighted by atomic mass is 10.0. The molecule has 0 aromatic rings. The van der Waals surface area contributed by atoms with Gasteiger partial charge in [-0.3, -0.25) is 4.57 Å². The maximum absolute atomic E-state index is 11.4. The maximum atomic E-state index is 11.4. The van der Waals surface area contributed by atoms with Crippen molar-refractivity contribution in [3.63, 3.8) is 0 Å². The highest BCUT2D eigenvalue weighted by Gasteiger charge is 2.10. The molecule has 0 aromatic carbocycles. The van der Waals surface area contributed by atoms with Gasteiger partial charge in [-0.1, -0.05) is 90.4 Å². The van der Waals surface area contributed by atoms with E-state index in [-0.39, 0.29) is 0 Å². The zero-order valence-electron chi connectivity index (χ0n) is 13.2. The summed E-state index contributed by atoms with van der Waals surface area (Å²) in [5.74, 6) is 0. The number of hydrogen-bond acceptors (Lipinski definition) is 1. The third-order valence-electron chi connectivity index (χ3n) is 3.77. The second kappa shape index (κ2) is 15.1. The zero-order valence-corrected chi connectivity index (χ0v) is 17.3. The van der Waals surface area contributed by atoms with Gasteiger partial charge < -0.3 is 0 Å². The summed E-state index contributed by atoms with van der Waals surface area (Å²) in [6.45, 7) is 2.28. The van der Waals surface area contributed by atoms with Crippen molar-refractivity contribution < 1.29 is 4.57 Å². The first-order chi connectivity index (χ1) is 9.56. The normalized spacial score (nSPS) is 11.9. The van der Waals surface area contributed by atoms with Crippen LogP contribution in [0.2, 0.25) is 0 Å². The lowest BCUT2D eigenvalue weighted by Gasteiger charge is -2.04. The Kier molecular flexibility index (Phi) is 16.0. The van der Waals surface area contributed by atoms with E-state index in [0.717, 1.165) is 12.6 Å². The minimum atomic E-state index is -2.13. The molecule has 0 saturated carbocycles. The molecule has 122 valence electrons. The Bertz CT molecular complexity index is 241. The van der Waals surface area contributed by atoms with Crippen molar-refractivity contribution in [1.82, 2.24) is 0 Å². The number of halogens is 2. The van der Waals surface area contributed by atoms with Crippen molar-refractivity contribution in [2.24, 2.45) is 0 Å². The fraction of sp³-hybridized carbons (Fsp3) is 1.00. The van der Waals surface area contributed by atoms with Crippen LogP contribution >= 0.6 is 35.5 Å². The van der Waals surface area contributed by atoms with Gasteiger partial charge in [0.05, 0.1) is 0 Å². The van der Waals surface area contributed by atoms with Crippen molar-refractivity contribution in [2.75, 3.05) is 6.16 Å². The van der Waals surface area contributed by atoms with Crippen LogP contribution in [0.1, 0.15) is 96.8 Å². The van der Waals surface area contributed by atoms with E-state index in [9.17, 15) is 4.57 Å². The van der Waals surface area contributed by atoms with Crippen LogP contribution in [0.15, 0.2) is 0 Å². The third-order valence-corrected chi connectivity index (χ3v) is 6.74. The van der Waals surface area contributed by atoms with Gasteiger partial charge in [-0.15, -0.1) is 0 Å². The molecule has 0 radical (unpaired) electrons. The summed E-state index contributed by atoms with van der Waals surface area (Å²) in [6.07, 6.45) is 19.9. The zero-order chi connectivity index (χ0) is 15.1. The summed E-state index contributed by atoms with van der Waals surface area (Å²) >= 11 is 6.38. The van der Waals surface area contributed by atoms with Crippen LogP contribution in [0.4, 0.5) is 0 Å². The largest absolute Gasteiger partial charge is 0.300 e. The van der Waals surface area contributed by atoms with Crippen LogP contribution in [0.3, 0.4) is 0 Å². The van der Waals surface area contributed by atoms with E-state index < -0.39 is 4.55 Å². The molecule has 0 spiro atoms. The monoisotopic (exact) mass is 430 g/mol. The van der Waals surface area contributed by atoms with Gasteiger partial charge in [-0.25, -0.2) is 0 Å². The molecule has 0 aliphatic carbocycles. The molecule has 20 heavy (non-hydrogen) atoms. The predicted molar refractivity (Wildman–Crippen MR) is 101 cm³/mol. The summed E-state index contributed by atoms with van der Waals surface area (Å²) in [4.78, 5) is 0. The SMILES string of the molecule is CCCCCCCCCCCCCCCCP(=O)(Br)Br. The Morgan fingerprint density at radius 1 is 0.600 bits per heavy atom. The Morgan fingerprint density at radius 3 is 1.20 bits per heavy atom. The van der Waals surface area contributed by atoms with Gasteiger partial charge in [-0.2, -0.15) is 0 Å². The Labute approximate surface area is 142 Å². The average Bonchev–Trinajstić information content (AvgIpc) is 2.38. The first-order valence-corrected chi connectivity index (χ1v) is 14.5. The fourth-order valence-electron chi connectivity index (χ4n) is 2.49. The van der Waals surface area contributed by atoms with E-state index in [4.69, 9.17) is 0 Å². The van der Waals surface area contributed by atoms with Crippen molar-refractivity contribution in [1.29, 1.82) is 0 Å². The topological polar surface area (TPSA) is 17.1 Å². The molecule has 0 heterocycles. The van der Waals surface area contributed by atoms with Crippen molar-refractivity contribution >= 4 is 35.5 Å². The molecule has 0 bridgehead atoms. The molecule has 0 aromatic heterocycles.